The van der Waals surface area contributed by atoms with Crippen molar-refractivity contribution in [3.8, 4) is 0 Å². The van der Waals surface area contributed by atoms with E-state index in [4.69, 9.17) is 5.73 Å². The maximum Gasteiger partial charge on any atom is 0.260 e. The highest BCUT2D eigenvalue weighted by Gasteiger charge is 2.18. The predicted molar refractivity (Wildman–Crippen MR) is 132 cm³/mol. The average Bonchev–Trinajstić information content (AvgIpc) is 3.35. The lowest BCUT2D eigenvalue weighted by Gasteiger charge is -2.33. The van der Waals surface area contributed by atoms with E-state index in [0.29, 0.717) is 16.3 Å². The number of rotatable bonds is 5. The predicted octanol–water partition coefficient (Wildman–Crippen LogP) is 0.785. The number of carbonyl (C=O) groups excluding carboxylic acids is 2. The number of anilines is 2. The molecular formula is C24H25N7O2S. The number of nitrogens with one attached hydrogen (secondary N) is 1. The van der Waals surface area contributed by atoms with Crippen LogP contribution in [0.4, 0.5) is 11.6 Å². The van der Waals surface area contributed by atoms with Crippen LogP contribution in [0.5, 0.6) is 0 Å². The van der Waals surface area contributed by atoms with Crippen LogP contribution in [-0.2, 0) is 0 Å². The minimum absolute atomic E-state index is 0.0443. The molecule has 10 heteroatoms. The molecule has 1 atom stereocenters. The van der Waals surface area contributed by atoms with Crippen LogP contribution < -0.4 is 26.4 Å². The van der Waals surface area contributed by atoms with Crippen molar-refractivity contribution >= 4 is 46.9 Å². The van der Waals surface area contributed by atoms with Gasteiger partial charge in [-0.3, -0.25) is 9.59 Å². The fourth-order valence-electron chi connectivity index (χ4n) is 4.11. The first-order valence-electron chi connectivity index (χ1n) is 11.1. The van der Waals surface area contributed by atoms with Gasteiger partial charge in [-0.05, 0) is 42.1 Å². The molecule has 1 saturated heterocycles. The Morgan fingerprint density at radius 2 is 1.91 bits per heavy atom. The van der Waals surface area contributed by atoms with Gasteiger partial charge in [0.1, 0.15) is 21.5 Å². The van der Waals surface area contributed by atoms with Crippen molar-refractivity contribution in [1.29, 1.82) is 0 Å². The maximum atomic E-state index is 12.9. The fraction of sp³-hybridized carbons (Fsp3) is 0.292. The molecule has 0 saturated carbocycles. The van der Waals surface area contributed by atoms with Crippen molar-refractivity contribution in [3.63, 3.8) is 0 Å². The first-order valence-corrected chi connectivity index (χ1v) is 11.9. The molecule has 1 unspecified atom stereocenters. The highest BCUT2D eigenvalue weighted by Crippen LogP contribution is 2.27. The molecule has 0 bridgehead atoms. The van der Waals surface area contributed by atoms with Gasteiger partial charge < -0.3 is 20.9 Å². The molecule has 0 aromatic carbocycles. The molecule has 1 fully saturated rings. The molecule has 4 heterocycles. The van der Waals surface area contributed by atoms with Crippen LogP contribution in [0.2, 0.25) is 0 Å². The van der Waals surface area contributed by atoms with Gasteiger partial charge in [0.05, 0.1) is 6.20 Å². The molecule has 0 spiro atoms. The van der Waals surface area contributed by atoms with Gasteiger partial charge in [-0.1, -0.05) is 12.2 Å². The van der Waals surface area contributed by atoms with Crippen molar-refractivity contribution in [2.75, 3.05) is 43.4 Å². The quantitative estimate of drug-likeness (QED) is 0.560. The second-order valence-corrected chi connectivity index (χ2v) is 9.55. The molecular weight excluding hydrogens is 450 g/mol. The average molecular weight is 476 g/mol. The standard InChI is InChI=1S/C24H25N7O2S/c1-30-6-8-31(9-7-30)21-12-15(4-5-26-21)23(33)29-20-11-18-10-16(2-3-17(18)13-27-20)24-28-14-19(34-24)22(25)32/h3-5,10-14,16H,2,6-9H2,1H3,(H2,25,32)(H,29,33). The smallest absolute Gasteiger partial charge is 0.260 e. The lowest BCUT2D eigenvalue weighted by molar-refractivity contribution is 0.100. The Labute approximate surface area is 200 Å². The number of hydrogen-bond acceptors (Lipinski definition) is 8. The van der Waals surface area contributed by atoms with Crippen molar-refractivity contribution < 1.29 is 9.59 Å². The summed E-state index contributed by atoms with van der Waals surface area (Å²) in [4.78, 5) is 42.5. The summed E-state index contributed by atoms with van der Waals surface area (Å²) < 4.78 is 0. The Kier molecular flexibility index (Phi) is 6.08. The van der Waals surface area contributed by atoms with Gasteiger partial charge in [0.25, 0.3) is 11.8 Å². The molecule has 1 aliphatic carbocycles. The van der Waals surface area contributed by atoms with E-state index in [0.717, 1.165) is 53.9 Å². The number of likely N-dealkylation sites (N-methyl/N-ethyl adjacent to an activating group) is 1. The van der Waals surface area contributed by atoms with Gasteiger partial charge in [-0.25, -0.2) is 15.0 Å². The van der Waals surface area contributed by atoms with Crippen LogP contribution >= 0.6 is 11.3 Å². The highest BCUT2D eigenvalue weighted by atomic mass is 32.1. The highest BCUT2D eigenvalue weighted by molar-refractivity contribution is 7.13. The Morgan fingerprint density at radius 3 is 2.68 bits per heavy atom. The van der Waals surface area contributed by atoms with Crippen molar-refractivity contribution in [1.82, 2.24) is 19.9 Å². The second-order valence-electron chi connectivity index (χ2n) is 8.49. The molecule has 0 radical (unpaired) electrons. The lowest BCUT2D eigenvalue weighted by Crippen LogP contribution is -2.44. The number of amides is 2. The van der Waals surface area contributed by atoms with Gasteiger partial charge in [-0.2, -0.15) is 0 Å². The van der Waals surface area contributed by atoms with Gasteiger partial charge in [-0.15, -0.1) is 11.3 Å². The van der Waals surface area contributed by atoms with Crippen LogP contribution in [0.3, 0.4) is 0 Å². The van der Waals surface area contributed by atoms with E-state index < -0.39 is 5.91 Å². The van der Waals surface area contributed by atoms with Crippen LogP contribution in [0.15, 0.2) is 36.8 Å². The van der Waals surface area contributed by atoms with Crippen LogP contribution in [0.25, 0.3) is 12.2 Å². The fourth-order valence-corrected chi connectivity index (χ4v) is 4.96. The summed E-state index contributed by atoms with van der Waals surface area (Å²) in [5.74, 6) is 0.633. The number of primary amides is 1. The van der Waals surface area contributed by atoms with E-state index in [2.05, 4.69) is 49.3 Å². The number of fused-ring (bicyclic) bond motifs is 1. The third kappa shape index (κ3) is 4.68. The number of aromatic nitrogens is 3. The first kappa shape index (κ1) is 22.2. The largest absolute Gasteiger partial charge is 0.365 e. The van der Waals surface area contributed by atoms with Crippen LogP contribution in [-0.4, -0.2) is 64.9 Å². The Hall–Kier alpha value is -3.63. The lowest BCUT2D eigenvalue weighted by atomic mass is 9.99. The number of pyridine rings is 2. The SMILES string of the molecule is CN1CCN(c2cc(C(=O)Nc3cc4c(cn3)=CCC(c3ncc(C(N)=O)s3)C=4)ccn2)CC1. The monoisotopic (exact) mass is 475 g/mol. The molecule has 3 aromatic heterocycles. The van der Waals surface area contributed by atoms with Gasteiger partial charge in [0, 0.05) is 50.1 Å². The zero-order valence-corrected chi connectivity index (χ0v) is 19.6. The number of piperazine rings is 1. The number of nitrogens with zero attached hydrogens (tertiary/aromatic N) is 5. The van der Waals surface area contributed by atoms with Crippen LogP contribution in [0, 0.1) is 0 Å². The molecule has 1 aliphatic heterocycles. The normalized spacial score (nSPS) is 17.9. The van der Waals surface area contributed by atoms with E-state index in [-0.39, 0.29) is 11.8 Å². The second kappa shape index (κ2) is 9.32. The van der Waals surface area contributed by atoms with Crippen LogP contribution in [0.1, 0.15) is 37.4 Å². The summed E-state index contributed by atoms with van der Waals surface area (Å²) in [5.41, 5.74) is 5.90. The van der Waals surface area contributed by atoms with Gasteiger partial charge >= 0.3 is 0 Å². The Balaban J connectivity index is 1.34. The third-order valence-electron chi connectivity index (χ3n) is 6.10. The Morgan fingerprint density at radius 1 is 1.09 bits per heavy atom. The summed E-state index contributed by atoms with van der Waals surface area (Å²) in [6, 6.07) is 5.40. The summed E-state index contributed by atoms with van der Waals surface area (Å²) in [7, 11) is 2.10. The molecule has 5 rings (SSSR count). The van der Waals surface area contributed by atoms with Gasteiger partial charge in [0.15, 0.2) is 0 Å². The number of hydrogen-bond donors (Lipinski definition) is 2. The zero-order chi connectivity index (χ0) is 23.7. The van der Waals surface area contributed by atoms with E-state index in [1.807, 2.05) is 12.1 Å². The summed E-state index contributed by atoms with van der Waals surface area (Å²) in [6.45, 7) is 3.70. The number of carbonyl (C=O) groups is 2. The van der Waals surface area contributed by atoms with Crippen molar-refractivity contribution in [2.24, 2.45) is 5.73 Å². The first-order chi connectivity index (χ1) is 16.5. The molecule has 34 heavy (non-hydrogen) atoms. The summed E-state index contributed by atoms with van der Waals surface area (Å²) in [5, 5.41) is 5.71. The van der Waals surface area contributed by atoms with E-state index in [1.165, 1.54) is 17.5 Å². The summed E-state index contributed by atoms with van der Waals surface area (Å²) >= 11 is 1.31. The molecule has 2 aliphatic rings. The number of nitrogens with two attached hydrogens (primary N) is 1. The maximum absolute atomic E-state index is 12.9. The minimum atomic E-state index is -0.468. The molecule has 9 nitrogen and oxygen atoms in total. The zero-order valence-electron chi connectivity index (χ0n) is 18.8. The number of thiazole rings is 1. The molecule has 174 valence electrons. The summed E-state index contributed by atoms with van der Waals surface area (Å²) in [6.07, 6.45) is 9.90. The molecule has 2 amide bonds. The molecule has 3 aromatic rings. The van der Waals surface area contributed by atoms with E-state index in [1.54, 1.807) is 18.5 Å². The van der Waals surface area contributed by atoms with Crippen molar-refractivity contribution in [2.45, 2.75) is 12.3 Å². The topological polar surface area (TPSA) is 117 Å². The van der Waals surface area contributed by atoms with Gasteiger partial charge in [0.2, 0.25) is 0 Å². The Bertz CT molecular complexity index is 1360. The van der Waals surface area contributed by atoms with E-state index >= 15 is 0 Å². The molecule has 3 N–H and O–H groups in total. The van der Waals surface area contributed by atoms with E-state index in [9.17, 15) is 9.59 Å². The van der Waals surface area contributed by atoms with Crippen molar-refractivity contribution in [3.05, 3.63) is 62.7 Å². The third-order valence-corrected chi connectivity index (χ3v) is 7.24. The minimum Gasteiger partial charge on any atom is -0.365 e.